The van der Waals surface area contributed by atoms with E-state index in [1.165, 1.54) is 6.92 Å². The number of benzene rings is 1. The third-order valence-electron chi connectivity index (χ3n) is 4.88. The molecular weight excluding hydrogens is 432 g/mol. The fourth-order valence-corrected chi connectivity index (χ4v) is 3.12. The topological polar surface area (TPSA) is 209 Å². The van der Waals surface area contributed by atoms with Crippen LogP contribution in [0, 0.1) is 0 Å². The summed E-state index contributed by atoms with van der Waals surface area (Å²) in [6.45, 7) is 0.995. The highest BCUT2D eigenvalue weighted by molar-refractivity contribution is 5.93. The Kier molecular flexibility index (Phi) is 8.92. The van der Waals surface area contributed by atoms with E-state index in [9.17, 15) is 29.1 Å². The molecule has 4 amide bonds. The van der Waals surface area contributed by atoms with Gasteiger partial charge in [0.25, 0.3) is 0 Å². The minimum Gasteiger partial charge on any atom is -0.480 e. The summed E-state index contributed by atoms with van der Waals surface area (Å²) >= 11 is 0. The molecule has 3 atom stereocenters. The second-order valence-corrected chi connectivity index (χ2v) is 7.59. The number of carbonyl (C=O) groups is 5. The summed E-state index contributed by atoms with van der Waals surface area (Å²) in [5, 5.41) is 17.5. The summed E-state index contributed by atoms with van der Waals surface area (Å²) < 4.78 is 0. The molecule has 0 saturated carbocycles. The van der Waals surface area contributed by atoms with E-state index in [1.807, 2.05) is 24.3 Å². The molecule has 2 aromatic rings. The first-order chi connectivity index (χ1) is 15.6. The zero-order valence-corrected chi connectivity index (χ0v) is 18.1. The van der Waals surface area contributed by atoms with Gasteiger partial charge in [-0.25, -0.2) is 4.79 Å². The van der Waals surface area contributed by atoms with Gasteiger partial charge in [0, 0.05) is 29.9 Å². The maximum atomic E-state index is 12.8. The highest BCUT2D eigenvalue weighted by atomic mass is 16.4. The van der Waals surface area contributed by atoms with Gasteiger partial charge in [-0.3, -0.25) is 19.2 Å². The summed E-state index contributed by atoms with van der Waals surface area (Å²) in [6, 6.07) is 3.97. The summed E-state index contributed by atoms with van der Waals surface area (Å²) in [5.41, 5.74) is 12.1. The van der Waals surface area contributed by atoms with Crippen molar-refractivity contribution in [3.8, 4) is 0 Å². The van der Waals surface area contributed by atoms with Gasteiger partial charge < -0.3 is 37.5 Å². The van der Waals surface area contributed by atoms with Gasteiger partial charge in [0.05, 0.1) is 12.6 Å². The molecule has 0 saturated heterocycles. The number of aromatic nitrogens is 1. The number of fused-ring (bicyclic) bond motifs is 1. The summed E-state index contributed by atoms with van der Waals surface area (Å²) in [6.07, 6.45) is 1.30. The van der Waals surface area contributed by atoms with E-state index < -0.39 is 54.3 Å². The molecule has 178 valence electrons. The number of rotatable bonds is 12. The highest BCUT2D eigenvalue weighted by Gasteiger charge is 2.28. The zero-order valence-electron chi connectivity index (χ0n) is 18.1. The number of hydrogen-bond donors (Lipinski definition) is 7. The number of nitrogens with two attached hydrogens (primary N) is 2. The monoisotopic (exact) mass is 460 g/mol. The average molecular weight is 460 g/mol. The Balaban J connectivity index is 2.08. The largest absolute Gasteiger partial charge is 0.480 e. The van der Waals surface area contributed by atoms with Crippen molar-refractivity contribution in [2.75, 3.05) is 6.54 Å². The molecule has 33 heavy (non-hydrogen) atoms. The fourth-order valence-electron chi connectivity index (χ4n) is 3.12. The first-order valence-electron chi connectivity index (χ1n) is 10.3. The van der Waals surface area contributed by atoms with E-state index in [0.29, 0.717) is 5.56 Å². The van der Waals surface area contributed by atoms with Crippen molar-refractivity contribution in [3.05, 3.63) is 36.0 Å². The van der Waals surface area contributed by atoms with Crippen molar-refractivity contribution in [1.82, 2.24) is 20.9 Å². The van der Waals surface area contributed by atoms with Crippen molar-refractivity contribution in [3.63, 3.8) is 0 Å². The summed E-state index contributed by atoms with van der Waals surface area (Å²) in [5.74, 6) is -4.03. The third-order valence-corrected chi connectivity index (χ3v) is 4.88. The molecule has 1 heterocycles. The van der Waals surface area contributed by atoms with Crippen molar-refractivity contribution in [2.45, 2.75) is 44.3 Å². The Labute approximate surface area is 189 Å². The number of carboxylic acid groups (broad SMARTS) is 1. The van der Waals surface area contributed by atoms with Gasteiger partial charge in [-0.2, -0.15) is 0 Å². The predicted molar refractivity (Wildman–Crippen MR) is 119 cm³/mol. The number of hydrogen-bond acceptors (Lipinski definition) is 6. The molecule has 3 unspecified atom stereocenters. The van der Waals surface area contributed by atoms with Gasteiger partial charge in [-0.05, 0) is 25.0 Å². The van der Waals surface area contributed by atoms with Crippen LogP contribution in [0.4, 0.5) is 0 Å². The van der Waals surface area contributed by atoms with Crippen LogP contribution in [0.2, 0.25) is 0 Å². The minimum atomic E-state index is -1.29. The molecular formula is C21H28N6O6. The molecule has 9 N–H and O–H groups in total. The van der Waals surface area contributed by atoms with Gasteiger partial charge in [-0.15, -0.1) is 0 Å². The fraction of sp³-hybridized carbons (Fsp3) is 0.381. The van der Waals surface area contributed by atoms with Crippen LogP contribution < -0.4 is 27.4 Å². The molecule has 0 spiro atoms. The van der Waals surface area contributed by atoms with Gasteiger partial charge in [-0.1, -0.05) is 18.2 Å². The molecule has 1 aromatic carbocycles. The average Bonchev–Trinajstić information content (AvgIpc) is 3.16. The molecule has 12 nitrogen and oxygen atoms in total. The van der Waals surface area contributed by atoms with Crippen LogP contribution in [-0.2, 0) is 30.4 Å². The molecule has 0 radical (unpaired) electrons. The first kappa shape index (κ1) is 25.3. The van der Waals surface area contributed by atoms with E-state index in [0.717, 1.165) is 10.9 Å². The Morgan fingerprint density at radius 3 is 2.39 bits per heavy atom. The molecule has 0 aliphatic carbocycles. The molecule has 0 aliphatic heterocycles. The maximum Gasteiger partial charge on any atom is 0.326 e. The lowest BCUT2D eigenvalue weighted by Gasteiger charge is -2.21. The Morgan fingerprint density at radius 1 is 1.06 bits per heavy atom. The van der Waals surface area contributed by atoms with Crippen LogP contribution >= 0.6 is 0 Å². The number of H-pyrrole nitrogens is 1. The molecule has 0 aliphatic rings. The van der Waals surface area contributed by atoms with Gasteiger partial charge in [0.2, 0.25) is 23.6 Å². The molecule has 0 bridgehead atoms. The quantitative estimate of drug-likeness (QED) is 0.199. The normalized spacial score (nSPS) is 13.5. The van der Waals surface area contributed by atoms with Crippen LogP contribution in [-0.4, -0.2) is 64.4 Å². The van der Waals surface area contributed by atoms with Crippen LogP contribution in [0.25, 0.3) is 10.9 Å². The lowest BCUT2D eigenvalue weighted by Crippen LogP contribution is -2.54. The number of aliphatic carboxylic acids is 1. The van der Waals surface area contributed by atoms with Crippen molar-refractivity contribution >= 4 is 40.5 Å². The second kappa shape index (κ2) is 11.6. The molecule has 0 fully saturated rings. The van der Waals surface area contributed by atoms with E-state index in [4.69, 9.17) is 11.5 Å². The van der Waals surface area contributed by atoms with E-state index in [2.05, 4.69) is 20.9 Å². The molecule has 1 aromatic heterocycles. The highest BCUT2D eigenvalue weighted by Crippen LogP contribution is 2.19. The lowest BCUT2D eigenvalue weighted by atomic mass is 10.0. The zero-order chi connectivity index (χ0) is 24.5. The van der Waals surface area contributed by atoms with Crippen molar-refractivity contribution in [1.29, 1.82) is 0 Å². The number of carbonyl (C=O) groups excluding carboxylic acids is 4. The standard InChI is InChI=1S/C21H28N6O6/c1-11(22)19(30)25-10-18(29)26-15(6-7-17(23)28)20(31)27-16(21(32)33)8-12-9-24-14-5-3-2-4-13(12)14/h2-5,9,11,15-16,24H,6-8,10,22H2,1H3,(H2,23,28)(H,25,30)(H,26,29)(H,27,31)(H,32,33). The number of nitrogens with one attached hydrogen (secondary N) is 4. The van der Waals surface area contributed by atoms with E-state index >= 15 is 0 Å². The number of primary amides is 1. The number of amides is 4. The molecule has 2 rings (SSSR count). The first-order valence-corrected chi connectivity index (χ1v) is 10.3. The Hall–Kier alpha value is -3.93. The van der Waals surface area contributed by atoms with Crippen molar-refractivity contribution in [2.24, 2.45) is 11.5 Å². The Morgan fingerprint density at radius 2 is 1.76 bits per heavy atom. The number of carboxylic acids is 1. The van der Waals surface area contributed by atoms with Crippen LogP contribution in [0.15, 0.2) is 30.5 Å². The second-order valence-electron chi connectivity index (χ2n) is 7.59. The van der Waals surface area contributed by atoms with Crippen LogP contribution in [0.3, 0.4) is 0 Å². The smallest absolute Gasteiger partial charge is 0.326 e. The number of para-hydroxylation sites is 1. The minimum absolute atomic E-state index is 0.00792. The predicted octanol–water partition coefficient (Wildman–Crippen LogP) is -1.51. The van der Waals surface area contributed by atoms with Gasteiger partial charge in [0.1, 0.15) is 12.1 Å². The SMILES string of the molecule is CC(N)C(=O)NCC(=O)NC(CCC(N)=O)C(=O)NC(Cc1c[nH]c2ccccc12)C(=O)O. The van der Waals surface area contributed by atoms with Crippen LogP contribution in [0.5, 0.6) is 0 Å². The lowest BCUT2D eigenvalue weighted by molar-refractivity contribution is -0.142. The van der Waals surface area contributed by atoms with Crippen LogP contribution in [0.1, 0.15) is 25.3 Å². The van der Waals surface area contributed by atoms with E-state index in [1.54, 1.807) is 6.20 Å². The Bertz CT molecular complexity index is 1030. The molecule has 12 heteroatoms. The third kappa shape index (κ3) is 7.61. The van der Waals surface area contributed by atoms with E-state index in [-0.39, 0.29) is 19.3 Å². The number of aromatic amines is 1. The van der Waals surface area contributed by atoms with Crippen molar-refractivity contribution < 1.29 is 29.1 Å². The van der Waals surface area contributed by atoms with Gasteiger partial charge in [0.15, 0.2) is 0 Å². The van der Waals surface area contributed by atoms with Gasteiger partial charge >= 0.3 is 5.97 Å². The summed E-state index contributed by atoms with van der Waals surface area (Å²) in [7, 11) is 0. The maximum absolute atomic E-state index is 12.8. The summed E-state index contributed by atoms with van der Waals surface area (Å²) in [4.78, 5) is 62.5.